The standard InChI is InChI=1S/C14H16ClNO2S/c1-14(2,17)12-11(8-18-3)16-13(19-12)9-4-6-10(15)7-5-9/h4-7,17H,8H2,1-3H3. The van der Waals surface area contributed by atoms with E-state index in [0.29, 0.717) is 11.6 Å². The molecule has 0 radical (unpaired) electrons. The van der Waals surface area contributed by atoms with E-state index < -0.39 is 5.60 Å². The Kier molecular flexibility index (Phi) is 4.26. The summed E-state index contributed by atoms with van der Waals surface area (Å²) < 4.78 is 5.14. The van der Waals surface area contributed by atoms with Crippen molar-refractivity contribution >= 4 is 22.9 Å². The Labute approximate surface area is 121 Å². The highest BCUT2D eigenvalue weighted by atomic mass is 35.5. The van der Waals surface area contributed by atoms with Crippen LogP contribution in [0, 0.1) is 0 Å². The summed E-state index contributed by atoms with van der Waals surface area (Å²) >= 11 is 7.36. The summed E-state index contributed by atoms with van der Waals surface area (Å²) in [6.07, 6.45) is 0. The minimum Gasteiger partial charge on any atom is -0.385 e. The molecule has 0 aliphatic rings. The van der Waals surface area contributed by atoms with Crippen LogP contribution in [-0.4, -0.2) is 17.2 Å². The summed E-state index contributed by atoms with van der Waals surface area (Å²) in [5, 5.41) is 11.8. The zero-order valence-electron chi connectivity index (χ0n) is 11.1. The van der Waals surface area contributed by atoms with Crippen molar-refractivity contribution in [1.82, 2.24) is 4.98 Å². The maximum Gasteiger partial charge on any atom is 0.124 e. The van der Waals surface area contributed by atoms with E-state index in [1.54, 1.807) is 21.0 Å². The highest BCUT2D eigenvalue weighted by molar-refractivity contribution is 7.15. The molecule has 1 N–H and O–H groups in total. The van der Waals surface area contributed by atoms with Crippen LogP contribution in [0.15, 0.2) is 24.3 Å². The van der Waals surface area contributed by atoms with Crippen LogP contribution in [0.1, 0.15) is 24.4 Å². The summed E-state index contributed by atoms with van der Waals surface area (Å²) in [4.78, 5) is 5.39. The first kappa shape index (κ1) is 14.5. The molecule has 2 rings (SSSR count). The van der Waals surface area contributed by atoms with Gasteiger partial charge in [0, 0.05) is 17.7 Å². The SMILES string of the molecule is COCc1nc(-c2ccc(Cl)cc2)sc1C(C)(C)O. The van der Waals surface area contributed by atoms with Crippen molar-refractivity contribution in [3.05, 3.63) is 39.9 Å². The number of hydrogen-bond acceptors (Lipinski definition) is 4. The van der Waals surface area contributed by atoms with Crippen molar-refractivity contribution in [1.29, 1.82) is 0 Å². The minimum absolute atomic E-state index is 0.392. The number of ether oxygens (including phenoxy) is 1. The molecular formula is C14H16ClNO2S. The van der Waals surface area contributed by atoms with E-state index in [9.17, 15) is 5.11 Å². The predicted octanol–water partition coefficient (Wildman–Crippen LogP) is 3.84. The molecule has 0 amide bonds. The van der Waals surface area contributed by atoms with Crippen molar-refractivity contribution in [2.24, 2.45) is 0 Å². The molecular weight excluding hydrogens is 282 g/mol. The summed E-state index contributed by atoms with van der Waals surface area (Å²) in [6, 6.07) is 7.51. The van der Waals surface area contributed by atoms with Crippen LogP contribution in [0.2, 0.25) is 5.02 Å². The Balaban J connectivity index is 2.45. The van der Waals surface area contributed by atoms with Crippen LogP contribution in [-0.2, 0) is 16.9 Å². The van der Waals surface area contributed by atoms with Gasteiger partial charge in [-0.05, 0) is 26.0 Å². The number of nitrogens with zero attached hydrogens (tertiary/aromatic N) is 1. The molecule has 5 heteroatoms. The fourth-order valence-corrected chi connectivity index (χ4v) is 2.98. The first-order valence-electron chi connectivity index (χ1n) is 5.89. The Morgan fingerprint density at radius 3 is 2.47 bits per heavy atom. The number of benzene rings is 1. The largest absolute Gasteiger partial charge is 0.385 e. The van der Waals surface area contributed by atoms with E-state index in [0.717, 1.165) is 21.1 Å². The molecule has 19 heavy (non-hydrogen) atoms. The van der Waals surface area contributed by atoms with Crippen LogP contribution < -0.4 is 0 Å². The quantitative estimate of drug-likeness (QED) is 0.932. The van der Waals surface area contributed by atoms with Gasteiger partial charge in [0.15, 0.2) is 0 Å². The fraction of sp³-hybridized carbons (Fsp3) is 0.357. The first-order chi connectivity index (χ1) is 8.91. The summed E-state index contributed by atoms with van der Waals surface area (Å²) in [5.74, 6) is 0. The second-order valence-electron chi connectivity index (χ2n) is 4.79. The molecule has 0 fully saturated rings. The van der Waals surface area contributed by atoms with Crippen molar-refractivity contribution in [3.8, 4) is 10.6 Å². The third kappa shape index (κ3) is 3.34. The number of methoxy groups -OCH3 is 1. The van der Waals surface area contributed by atoms with Crippen LogP contribution in [0.4, 0.5) is 0 Å². The number of aliphatic hydroxyl groups is 1. The van der Waals surface area contributed by atoms with Crippen molar-refractivity contribution in [2.75, 3.05) is 7.11 Å². The molecule has 2 aromatic rings. The molecule has 0 spiro atoms. The van der Waals surface area contributed by atoms with Gasteiger partial charge in [-0.2, -0.15) is 0 Å². The average Bonchev–Trinajstić information content (AvgIpc) is 2.74. The van der Waals surface area contributed by atoms with E-state index in [-0.39, 0.29) is 0 Å². The van der Waals surface area contributed by atoms with Crippen molar-refractivity contribution in [3.63, 3.8) is 0 Å². The minimum atomic E-state index is -0.920. The van der Waals surface area contributed by atoms with E-state index >= 15 is 0 Å². The summed E-state index contributed by atoms with van der Waals surface area (Å²) in [7, 11) is 1.62. The zero-order valence-corrected chi connectivity index (χ0v) is 12.7. The normalized spacial score (nSPS) is 11.8. The molecule has 1 heterocycles. The summed E-state index contributed by atoms with van der Waals surface area (Å²) in [5.41, 5.74) is 0.850. The molecule has 1 aromatic carbocycles. The van der Waals surface area contributed by atoms with Gasteiger partial charge in [-0.15, -0.1) is 11.3 Å². The van der Waals surface area contributed by atoms with Gasteiger partial charge < -0.3 is 9.84 Å². The van der Waals surface area contributed by atoms with Crippen molar-refractivity contribution in [2.45, 2.75) is 26.1 Å². The smallest absolute Gasteiger partial charge is 0.124 e. The van der Waals surface area contributed by atoms with E-state index in [1.807, 2.05) is 24.3 Å². The van der Waals surface area contributed by atoms with Gasteiger partial charge in [0.1, 0.15) is 5.01 Å². The second-order valence-corrected chi connectivity index (χ2v) is 6.23. The maximum absolute atomic E-state index is 10.2. The lowest BCUT2D eigenvalue weighted by molar-refractivity contribution is 0.0782. The van der Waals surface area contributed by atoms with Gasteiger partial charge in [0.2, 0.25) is 0 Å². The molecule has 0 aliphatic carbocycles. The van der Waals surface area contributed by atoms with Gasteiger partial charge >= 0.3 is 0 Å². The van der Waals surface area contributed by atoms with Crippen LogP contribution in [0.25, 0.3) is 10.6 Å². The number of hydrogen-bond donors (Lipinski definition) is 1. The van der Waals surface area contributed by atoms with Gasteiger partial charge in [0.25, 0.3) is 0 Å². The molecule has 102 valence electrons. The zero-order chi connectivity index (χ0) is 14.0. The van der Waals surface area contributed by atoms with Crippen molar-refractivity contribution < 1.29 is 9.84 Å². The van der Waals surface area contributed by atoms with Crippen LogP contribution >= 0.6 is 22.9 Å². The lowest BCUT2D eigenvalue weighted by atomic mass is 10.1. The van der Waals surface area contributed by atoms with Gasteiger partial charge in [0.05, 0.1) is 22.8 Å². The second kappa shape index (κ2) is 5.59. The van der Waals surface area contributed by atoms with E-state index in [1.165, 1.54) is 11.3 Å². The molecule has 0 bridgehead atoms. The molecule has 3 nitrogen and oxygen atoms in total. The third-order valence-electron chi connectivity index (χ3n) is 2.63. The van der Waals surface area contributed by atoms with E-state index in [4.69, 9.17) is 16.3 Å². The summed E-state index contributed by atoms with van der Waals surface area (Å²) in [6.45, 7) is 3.90. The molecule has 0 unspecified atom stereocenters. The topological polar surface area (TPSA) is 42.4 Å². The fourth-order valence-electron chi connectivity index (χ4n) is 1.78. The highest BCUT2D eigenvalue weighted by Crippen LogP contribution is 2.35. The Morgan fingerprint density at radius 1 is 1.32 bits per heavy atom. The number of halogens is 1. The highest BCUT2D eigenvalue weighted by Gasteiger charge is 2.25. The van der Waals surface area contributed by atoms with Gasteiger partial charge in [-0.3, -0.25) is 0 Å². The van der Waals surface area contributed by atoms with Gasteiger partial charge in [-0.25, -0.2) is 4.98 Å². The Hall–Kier alpha value is -0.940. The van der Waals surface area contributed by atoms with E-state index in [2.05, 4.69) is 4.98 Å². The molecule has 0 saturated carbocycles. The first-order valence-corrected chi connectivity index (χ1v) is 7.08. The number of thiazole rings is 1. The van der Waals surface area contributed by atoms with Gasteiger partial charge in [-0.1, -0.05) is 23.7 Å². The lowest BCUT2D eigenvalue weighted by Gasteiger charge is -2.16. The van der Waals surface area contributed by atoms with Crippen LogP contribution in [0.3, 0.4) is 0 Å². The predicted molar refractivity (Wildman–Crippen MR) is 78.5 cm³/mol. The average molecular weight is 298 g/mol. The molecule has 0 saturated heterocycles. The Bertz CT molecular complexity index is 558. The maximum atomic E-state index is 10.2. The number of aromatic nitrogens is 1. The van der Waals surface area contributed by atoms with Crippen LogP contribution in [0.5, 0.6) is 0 Å². The molecule has 0 aliphatic heterocycles. The monoisotopic (exact) mass is 297 g/mol. The third-order valence-corrected chi connectivity index (χ3v) is 4.34. The Morgan fingerprint density at radius 2 is 1.95 bits per heavy atom. The lowest BCUT2D eigenvalue weighted by Crippen LogP contribution is -2.16. The molecule has 0 atom stereocenters. The number of rotatable bonds is 4. The molecule has 1 aromatic heterocycles.